The summed E-state index contributed by atoms with van der Waals surface area (Å²) in [6, 6.07) is 7.51. The lowest BCUT2D eigenvalue weighted by Crippen LogP contribution is -2.54. The van der Waals surface area contributed by atoms with Crippen molar-refractivity contribution in [1.82, 2.24) is 10.6 Å². The second kappa shape index (κ2) is 11.6. The Labute approximate surface area is 169 Å². The van der Waals surface area contributed by atoms with Gasteiger partial charge in [0.1, 0.15) is 11.6 Å². The zero-order valence-corrected chi connectivity index (χ0v) is 17.4. The quantitative estimate of drug-likeness (QED) is 0.526. The molecule has 0 aliphatic rings. The Morgan fingerprint density at radius 1 is 1.11 bits per heavy atom. The van der Waals surface area contributed by atoms with E-state index in [2.05, 4.69) is 15.4 Å². The van der Waals surface area contributed by atoms with Gasteiger partial charge in [0.2, 0.25) is 5.91 Å². The molecular formula is C19H28N2O6S. The van der Waals surface area contributed by atoms with E-state index in [0.29, 0.717) is 5.75 Å². The van der Waals surface area contributed by atoms with Crippen molar-refractivity contribution >= 4 is 29.7 Å². The summed E-state index contributed by atoms with van der Waals surface area (Å²) in [5.74, 6) is -0.500. The first-order valence-electron chi connectivity index (χ1n) is 8.76. The molecule has 0 heterocycles. The molecule has 0 saturated heterocycles. The maximum Gasteiger partial charge on any atom is 0.408 e. The van der Waals surface area contributed by atoms with Crippen LogP contribution in [0, 0.1) is 0 Å². The van der Waals surface area contributed by atoms with E-state index in [-0.39, 0.29) is 5.75 Å². The molecule has 3 N–H and O–H groups in total. The van der Waals surface area contributed by atoms with Crippen molar-refractivity contribution in [2.24, 2.45) is 0 Å². The molecule has 0 aromatic heterocycles. The molecule has 0 saturated carbocycles. The van der Waals surface area contributed by atoms with E-state index in [1.807, 2.05) is 30.3 Å². The number of thioether (sulfide) groups is 1. The van der Waals surface area contributed by atoms with Crippen molar-refractivity contribution in [3.05, 3.63) is 35.9 Å². The number of esters is 1. The molecule has 0 aliphatic carbocycles. The zero-order valence-electron chi connectivity index (χ0n) is 16.6. The number of ether oxygens (including phenoxy) is 2. The Hall–Kier alpha value is -2.26. The van der Waals surface area contributed by atoms with E-state index >= 15 is 0 Å². The Bertz CT molecular complexity index is 648. The lowest BCUT2D eigenvalue weighted by Gasteiger charge is -2.24. The topological polar surface area (TPSA) is 114 Å². The molecule has 9 heteroatoms. The number of carbonyl (C=O) groups excluding carboxylic acids is 3. The molecule has 2 atom stereocenters. The number of benzene rings is 1. The predicted molar refractivity (Wildman–Crippen MR) is 107 cm³/mol. The molecule has 1 rings (SSSR count). The molecule has 2 unspecified atom stereocenters. The van der Waals surface area contributed by atoms with Crippen LogP contribution in [0.5, 0.6) is 0 Å². The highest BCUT2D eigenvalue weighted by Gasteiger charge is 2.28. The fraction of sp³-hybridized carbons (Fsp3) is 0.526. The van der Waals surface area contributed by atoms with Crippen LogP contribution >= 0.6 is 11.8 Å². The van der Waals surface area contributed by atoms with Gasteiger partial charge in [0.25, 0.3) is 0 Å². The Morgan fingerprint density at radius 2 is 1.75 bits per heavy atom. The summed E-state index contributed by atoms with van der Waals surface area (Å²) in [5.41, 5.74) is 0.355. The van der Waals surface area contributed by atoms with Gasteiger partial charge >= 0.3 is 12.1 Å². The van der Waals surface area contributed by atoms with E-state index in [4.69, 9.17) is 4.74 Å². The van der Waals surface area contributed by atoms with Crippen LogP contribution < -0.4 is 10.6 Å². The van der Waals surface area contributed by atoms with Crippen LogP contribution in [0.4, 0.5) is 4.79 Å². The second-order valence-electron chi connectivity index (χ2n) is 6.97. The van der Waals surface area contributed by atoms with Crippen molar-refractivity contribution in [2.75, 3.05) is 19.5 Å². The van der Waals surface area contributed by atoms with Crippen molar-refractivity contribution in [3.8, 4) is 0 Å². The third kappa shape index (κ3) is 9.09. The summed E-state index contributed by atoms with van der Waals surface area (Å²) in [6.45, 7) is 4.52. The number of nitrogens with one attached hydrogen (secondary N) is 2. The second-order valence-corrected chi connectivity index (χ2v) is 8.00. The molecule has 0 bridgehead atoms. The number of aliphatic hydroxyl groups excluding tert-OH is 1. The number of methoxy groups -OCH3 is 1. The lowest BCUT2D eigenvalue weighted by molar-refractivity contribution is -0.146. The molecule has 0 spiro atoms. The summed E-state index contributed by atoms with van der Waals surface area (Å²) < 4.78 is 9.74. The van der Waals surface area contributed by atoms with E-state index in [0.717, 1.165) is 12.7 Å². The minimum Gasteiger partial charge on any atom is -0.467 e. The fourth-order valence-electron chi connectivity index (χ4n) is 2.10. The van der Waals surface area contributed by atoms with Crippen LogP contribution in [0.25, 0.3) is 0 Å². The standard InChI is InChI=1S/C19H28N2O6S/c1-19(2,3)27-18(25)21-15(12-28-11-13-8-6-5-7-9-13)16(23)20-14(10-22)17(24)26-4/h5-9,14-15,22H,10-12H2,1-4H3,(H,20,23)(H,21,25). The van der Waals surface area contributed by atoms with Crippen molar-refractivity contribution < 1.29 is 29.0 Å². The first-order chi connectivity index (χ1) is 13.2. The van der Waals surface area contributed by atoms with Crippen LogP contribution in [-0.4, -0.2) is 60.2 Å². The average molecular weight is 413 g/mol. The minimum absolute atomic E-state index is 0.249. The van der Waals surface area contributed by atoms with E-state index in [9.17, 15) is 19.5 Å². The number of hydrogen-bond donors (Lipinski definition) is 3. The molecule has 0 radical (unpaired) electrons. The van der Waals surface area contributed by atoms with Crippen LogP contribution in [0.15, 0.2) is 30.3 Å². The molecule has 0 fully saturated rings. The zero-order chi connectivity index (χ0) is 21.2. The highest BCUT2D eigenvalue weighted by Crippen LogP contribution is 2.14. The van der Waals surface area contributed by atoms with Gasteiger partial charge in [0.15, 0.2) is 6.04 Å². The smallest absolute Gasteiger partial charge is 0.408 e. The number of alkyl carbamates (subject to hydrolysis) is 1. The molecule has 28 heavy (non-hydrogen) atoms. The molecule has 156 valence electrons. The molecule has 0 aliphatic heterocycles. The van der Waals surface area contributed by atoms with Gasteiger partial charge in [-0.25, -0.2) is 9.59 Å². The van der Waals surface area contributed by atoms with Crippen molar-refractivity contribution in [3.63, 3.8) is 0 Å². The van der Waals surface area contributed by atoms with Gasteiger partial charge in [-0.1, -0.05) is 30.3 Å². The molecule has 2 amide bonds. The maximum atomic E-state index is 12.6. The lowest BCUT2D eigenvalue weighted by atomic mass is 10.2. The third-order valence-electron chi connectivity index (χ3n) is 3.39. The Balaban J connectivity index is 2.76. The first-order valence-corrected chi connectivity index (χ1v) is 9.92. The summed E-state index contributed by atoms with van der Waals surface area (Å²) in [5, 5.41) is 14.2. The highest BCUT2D eigenvalue weighted by atomic mass is 32.2. The normalized spacial score (nSPS) is 13.2. The molecular weight excluding hydrogens is 384 g/mol. The summed E-state index contributed by atoms with van der Waals surface area (Å²) in [7, 11) is 1.16. The fourth-order valence-corrected chi connectivity index (χ4v) is 3.11. The highest BCUT2D eigenvalue weighted by molar-refractivity contribution is 7.98. The van der Waals surface area contributed by atoms with Gasteiger partial charge < -0.3 is 25.2 Å². The van der Waals surface area contributed by atoms with Crippen molar-refractivity contribution in [2.45, 2.75) is 44.2 Å². The monoisotopic (exact) mass is 412 g/mol. The summed E-state index contributed by atoms with van der Waals surface area (Å²) in [4.78, 5) is 36.2. The minimum atomic E-state index is -1.21. The van der Waals surface area contributed by atoms with Gasteiger partial charge in [-0.3, -0.25) is 4.79 Å². The Kier molecular flexibility index (Phi) is 9.81. The number of hydrogen-bond acceptors (Lipinski definition) is 7. The van der Waals surface area contributed by atoms with Crippen LogP contribution in [0.3, 0.4) is 0 Å². The van der Waals surface area contributed by atoms with E-state index in [1.165, 1.54) is 11.8 Å². The average Bonchev–Trinajstić information content (AvgIpc) is 2.63. The summed E-state index contributed by atoms with van der Waals surface area (Å²) in [6.07, 6.45) is -0.744. The van der Waals surface area contributed by atoms with E-state index in [1.54, 1.807) is 20.8 Å². The van der Waals surface area contributed by atoms with Gasteiger partial charge in [-0.05, 0) is 26.3 Å². The van der Waals surface area contributed by atoms with Crippen LogP contribution in [0.2, 0.25) is 0 Å². The summed E-state index contributed by atoms with van der Waals surface area (Å²) >= 11 is 1.44. The number of amides is 2. The van der Waals surface area contributed by atoms with Crippen molar-refractivity contribution in [1.29, 1.82) is 0 Å². The SMILES string of the molecule is COC(=O)C(CO)NC(=O)C(CSCc1ccccc1)NC(=O)OC(C)(C)C. The largest absolute Gasteiger partial charge is 0.467 e. The van der Waals surface area contributed by atoms with Crippen LogP contribution in [-0.2, 0) is 24.8 Å². The first kappa shape index (κ1) is 23.8. The number of carbonyl (C=O) groups is 3. The van der Waals surface area contributed by atoms with Gasteiger partial charge in [0, 0.05) is 11.5 Å². The molecule has 8 nitrogen and oxygen atoms in total. The Morgan fingerprint density at radius 3 is 2.29 bits per heavy atom. The van der Waals surface area contributed by atoms with Gasteiger partial charge in [0.05, 0.1) is 13.7 Å². The number of aliphatic hydroxyl groups is 1. The van der Waals surface area contributed by atoms with Gasteiger partial charge in [-0.15, -0.1) is 0 Å². The molecule has 1 aromatic carbocycles. The van der Waals surface area contributed by atoms with E-state index < -0.39 is 42.3 Å². The number of rotatable bonds is 9. The van der Waals surface area contributed by atoms with Gasteiger partial charge in [-0.2, -0.15) is 11.8 Å². The van der Waals surface area contributed by atoms with Crippen LogP contribution in [0.1, 0.15) is 26.3 Å². The predicted octanol–water partition coefficient (Wildman–Crippen LogP) is 1.46. The maximum absolute atomic E-state index is 12.6. The third-order valence-corrected chi connectivity index (χ3v) is 4.49. The molecule has 1 aromatic rings.